The molecular weight excluding hydrogens is 500 g/mol. The smallest absolute Gasteiger partial charge is 0.434 e. The predicted octanol–water partition coefficient (Wildman–Crippen LogP) is 4.96. The fourth-order valence-electron chi connectivity index (χ4n) is 3.68. The number of aryl methyl sites for hydroxylation is 1. The summed E-state index contributed by atoms with van der Waals surface area (Å²) >= 11 is 1.38. The highest BCUT2D eigenvalue weighted by Gasteiger charge is 2.22. The first kappa shape index (κ1) is 27.1. The lowest BCUT2D eigenvalue weighted by atomic mass is 10.0. The van der Waals surface area contributed by atoms with Gasteiger partial charge in [-0.25, -0.2) is 22.9 Å². The zero-order chi connectivity index (χ0) is 26.1. The normalized spacial score (nSPS) is 11.1. The molecule has 36 heavy (non-hydrogen) atoms. The number of carbonyl (C=O) groups is 1. The van der Waals surface area contributed by atoms with E-state index in [1.807, 2.05) is 33.7 Å². The number of sulfonamides is 1. The Bertz CT molecular complexity index is 1360. The molecule has 3 aromatic rings. The number of ether oxygens (including phenoxy) is 2. The van der Waals surface area contributed by atoms with E-state index in [2.05, 4.69) is 6.92 Å². The second-order valence-corrected chi connectivity index (χ2v) is 10.2. The van der Waals surface area contributed by atoms with Crippen LogP contribution in [0.4, 0.5) is 4.79 Å². The standard InChI is InChI=1S/C25H28N4O5S2/c1-4-6-14-22-28-23(35-3)24(34-25(30)33-5-2)29(22)16-18-10-9-11-19(15-18)20-12-7-8-13-21(20)36(31,32)27-17-26/h7-13,15,27H,4-6,14,16H2,1-3H3. The molecule has 11 heteroatoms. The molecule has 9 nitrogen and oxygen atoms in total. The second kappa shape index (κ2) is 12.5. The fourth-order valence-corrected chi connectivity index (χ4v) is 5.17. The van der Waals surface area contributed by atoms with E-state index in [0.29, 0.717) is 35.0 Å². The van der Waals surface area contributed by atoms with Crippen LogP contribution < -0.4 is 9.46 Å². The van der Waals surface area contributed by atoms with E-state index < -0.39 is 16.2 Å². The Balaban J connectivity index is 2.05. The quantitative estimate of drug-likeness (QED) is 0.160. The van der Waals surface area contributed by atoms with Gasteiger partial charge in [-0.3, -0.25) is 4.57 Å². The van der Waals surface area contributed by atoms with Gasteiger partial charge in [0.05, 0.1) is 18.0 Å². The third kappa shape index (κ3) is 6.38. The maximum absolute atomic E-state index is 12.6. The fraction of sp³-hybridized carbons (Fsp3) is 0.320. The van der Waals surface area contributed by atoms with Gasteiger partial charge >= 0.3 is 6.16 Å². The summed E-state index contributed by atoms with van der Waals surface area (Å²) in [5.74, 6) is 1.10. The van der Waals surface area contributed by atoms with Crippen LogP contribution in [0, 0.1) is 11.5 Å². The van der Waals surface area contributed by atoms with Crippen LogP contribution in [0.5, 0.6) is 5.88 Å². The van der Waals surface area contributed by atoms with Gasteiger partial charge in [0.25, 0.3) is 10.0 Å². The van der Waals surface area contributed by atoms with E-state index in [4.69, 9.17) is 19.7 Å². The van der Waals surface area contributed by atoms with E-state index in [0.717, 1.165) is 24.2 Å². The summed E-state index contributed by atoms with van der Waals surface area (Å²) in [6.45, 7) is 4.33. The van der Waals surface area contributed by atoms with Crippen molar-refractivity contribution in [1.29, 1.82) is 5.26 Å². The van der Waals surface area contributed by atoms with Crippen LogP contribution in [0.15, 0.2) is 58.5 Å². The van der Waals surface area contributed by atoms with Crippen LogP contribution in [0.3, 0.4) is 0 Å². The summed E-state index contributed by atoms with van der Waals surface area (Å²) < 4.78 is 39.4. The number of hydrogen-bond acceptors (Lipinski definition) is 8. The van der Waals surface area contributed by atoms with Gasteiger partial charge < -0.3 is 9.47 Å². The van der Waals surface area contributed by atoms with E-state index >= 15 is 0 Å². The molecule has 0 unspecified atom stereocenters. The average Bonchev–Trinajstić information content (AvgIpc) is 3.18. The molecule has 1 N–H and O–H groups in total. The molecule has 0 saturated heterocycles. The number of thioether (sulfide) groups is 1. The zero-order valence-corrected chi connectivity index (χ0v) is 22.0. The Hall–Kier alpha value is -3.49. The predicted molar refractivity (Wildman–Crippen MR) is 137 cm³/mol. The largest absolute Gasteiger partial charge is 0.515 e. The summed E-state index contributed by atoms with van der Waals surface area (Å²) in [4.78, 5) is 16.9. The molecular formula is C25H28N4O5S2. The maximum Gasteiger partial charge on any atom is 0.515 e. The van der Waals surface area contributed by atoms with Gasteiger partial charge in [0.2, 0.25) is 5.88 Å². The molecule has 2 aromatic carbocycles. The average molecular weight is 529 g/mol. The van der Waals surface area contributed by atoms with Crippen molar-refractivity contribution in [3.8, 4) is 23.2 Å². The number of imidazole rings is 1. The van der Waals surface area contributed by atoms with Gasteiger partial charge in [0.1, 0.15) is 5.82 Å². The lowest BCUT2D eigenvalue weighted by Gasteiger charge is -2.14. The summed E-state index contributed by atoms with van der Waals surface area (Å²) in [5.41, 5.74) is 1.98. The van der Waals surface area contributed by atoms with Crippen LogP contribution in [0.2, 0.25) is 0 Å². The number of aromatic nitrogens is 2. The Morgan fingerprint density at radius 3 is 2.67 bits per heavy atom. The van der Waals surface area contributed by atoms with Gasteiger partial charge in [-0.1, -0.05) is 49.7 Å². The number of benzene rings is 2. The highest BCUT2D eigenvalue weighted by Crippen LogP contribution is 2.32. The zero-order valence-electron chi connectivity index (χ0n) is 20.4. The van der Waals surface area contributed by atoms with Gasteiger partial charge in [0, 0.05) is 12.0 Å². The molecule has 0 aliphatic carbocycles. The van der Waals surface area contributed by atoms with Crippen molar-refractivity contribution in [1.82, 2.24) is 14.3 Å². The summed E-state index contributed by atoms with van der Waals surface area (Å²) in [6.07, 6.45) is 5.16. The first-order chi connectivity index (χ1) is 17.3. The molecule has 0 amide bonds. The van der Waals surface area contributed by atoms with Crippen LogP contribution in [0.1, 0.15) is 38.1 Å². The lowest BCUT2D eigenvalue weighted by molar-refractivity contribution is 0.0998. The van der Waals surface area contributed by atoms with E-state index in [9.17, 15) is 13.2 Å². The molecule has 0 spiro atoms. The number of nitrogens with zero attached hydrogens (tertiary/aromatic N) is 3. The molecule has 0 bridgehead atoms. The van der Waals surface area contributed by atoms with Crippen molar-refractivity contribution < 1.29 is 22.7 Å². The minimum absolute atomic E-state index is 0.00553. The molecule has 0 fully saturated rings. The third-order valence-corrected chi connectivity index (χ3v) is 7.24. The Labute approximate surface area is 215 Å². The highest BCUT2D eigenvalue weighted by molar-refractivity contribution is 7.98. The monoisotopic (exact) mass is 528 g/mol. The van der Waals surface area contributed by atoms with Crippen LogP contribution in [-0.4, -0.2) is 37.0 Å². The molecule has 1 aromatic heterocycles. The molecule has 3 rings (SSSR count). The number of carbonyl (C=O) groups excluding carboxylic acids is 1. The first-order valence-electron chi connectivity index (χ1n) is 11.4. The molecule has 190 valence electrons. The van der Waals surface area contributed by atoms with Crippen molar-refractivity contribution in [2.45, 2.75) is 49.6 Å². The first-order valence-corrected chi connectivity index (χ1v) is 14.1. The Morgan fingerprint density at radius 2 is 1.97 bits per heavy atom. The van der Waals surface area contributed by atoms with Crippen molar-refractivity contribution in [2.24, 2.45) is 0 Å². The number of rotatable bonds is 11. The molecule has 0 aliphatic heterocycles. The van der Waals surface area contributed by atoms with Crippen LogP contribution in [0.25, 0.3) is 11.1 Å². The molecule has 0 radical (unpaired) electrons. The van der Waals surface area contributed by atoms with Gasteiger partial charge in [-0.05, 0) is 42.9 Å². The van der Waals surface area contributed by atoms with E-state index in [1.54, 1.807) is 31.2 Å². The van der Waals surface area contributed by atoms with Crippen LogP contribution in [-0.2, 0) is 27.7 Å². The number of unbranched alkanes of at least 4 members (excludes halogenated alkanes) is 1. The van der Waals surface area contributed by atoms with Crippen LogP contribution >= 0.6 is 11.8 Å². The minimum atomic E-state index is -4.00. The van der Waals surface area contributed by atoms with Gasteiger partial charge in [-0.2, -0.15) is 5.26 Å². The lowest BCUT2D eigenvalue weighted by Crippen LogP contribution is -2.18. The van der Waals surface area contributed by atoms with Crippen molar-refractivity contribution in [3.63, 3.8) is 0 Å². The minimum Gasteiger partial charge on any atom is -0.434 e. The molecule has 0 atom stereocenters. The van der Waals surface area contributed by atoms with Crippen molar-refractivity contribution in [2.75, 3.05) is 12.9 Å². The second-order valence-electron chi connectivity index (χ2n) is 7.73. The van der Waals surface area contributed by atoms with Crippen molar-refractivity contribution in [3.05, 3.63) is 59.9 Å². The number of nitriles is 1. The molecule has 0 saturated carbocycles. The number of hydrogen-bond donors (Lipinski definition) is 1. The Morgan fingerprint density at radius 1 is 1.19 bits per heavy atom. The third-order valence-electron chi connectivity index (χ3n) is 5.30. The van der Waals surface area contributed by atoms with Gasteiger partial charge in [0.15, 0.2) is 11.2 Å². The Kier molecular flexibility index (Phi) is 9.38. The maximum atomic E-state index is 12.6. The molecule has 0 aliphatic rings. The highest BCUT2D eigenvalue weighted by atomic mass is 32.2. The summed E-state index contributed by atoms with van der Waals surface area (Å²) in [5, 5.41) is 9.46. The number of nitrogens with one attached hydrogen (secondary N) is 1. The van der Waals surface area contributed by atoms with Crippen molar-refractivity contribution >= 4 is 27.9 Å². The van der Waals surface area contributed by atoms with E-state index in [1.165, 1.54) is 24.0 Å². The SMILES string of the molecule is CCCCc1nc(SC)c(OC(=O)OCC)n1Cc1cccc(-c2ccccc2S(=O)(=O)NC#N)c1. The topological polar surface area (TPSA) is 123 Å². The van der Waals surface area contributed by atoms with Gasteiger partial charge in [-0.15, -0.1) is 11.8 Å². The molecule has 1 heterocycles. The summed E-state index contributed by atoms with van der Waals surface area (Å²) in [6, 6.07) is 13.9. The van der Waals surface area contributed by atoms with E-state index in [-0.39, 0.29) is 11.5 Å². The summed E-state index contributed by atoms with van der Waals surface area (Å²) in [7, 11) is -4.00.